The number of benzene rings is 2. The number of hydrogen-bond acceptors (Lipinski definition) is 6. The first-order valence-corrected chi connectivity index (χ1v) is 16.6. The molecule has 2 bridgehead atoms. The number of amides is 1. The molecule has 1 amide bonds. The van der Waals surface area contributed by atoms with Crippen molar-refractivity contribution in [2.75, 3.05) is 5.75 Å². The topological polar surface area (TPSA) is 115 Å². The van der Waals surface area contributed by atoms with Gasteiger partial charge in [-0.2, -0.15) is 5.10 Å². The molecule has 6 rings (SSSR count). The average Bonchev–Trinajstić information content (AvgIpc) is 3.62. The van der Waals surface area contributed by atoms with Gasteiger partial charge in [0.25, 0.3) is 0 Å². The number of nitrogens with zero attached hydrogens (tertiary/aromatic N) is 5. The largest absolute Gasteiger partial charge is 0.444 e. The maximum absolute atomic E-state index is 15.4. The lowest BCUT2D eigenvalue weighted by molar-refractivity contribution is 0.0124. The van der Waals surface area contributed by atoms with E-state index in [-0.39, 0.29) is 28.2 Å². The van der Waals surface area contributed by atoms with Crippen molar-refractivity contribution in [3.05, 3.63) is 87.2 Å². The molecule has 2 aliphatic heterocycles. The predicted octanol–water partition coefficient (Wildman–Crippen LogP) is 6.13. The molecule has 1 N–H and O–H groups in total. The molecule has 2 aromatic heterocycles. The van der Waals surface area contributed by atoms with E-state index in [1.165, 1.54) is 29.1 Å². The molecule has 4 aromatic rings. The summed E-state index contributed by atoms with van der Waals surface area (Å²) in [5, 5.41) is 4.93. The van der Waals surface area contributed by atoms with Crippen molar-refractivity contribution in [3.63, 3.8) is 0 Å². The monoisotopic (exact) mass is 638 g/mol. The Hall–Kier alpha value is -4.26. The molecule has 3 atom stereocenters. The van der Waals surface area contributed by atoms with Crippen LogP contribution in [-0.4, -0.2) is 51.5 Å². The maximum atomic E-state index is 15.4. The van der Waals surface area contributed by atoms with Gasteiger partial charge in [-0.15, -0.1) is 0 Å². The number of halogens is 2. The SMILES string of the molecule is CCS(=N)(=O)c1ccc(-n2ccn(-c3c4c(nn3-c3cc(C)c(F)c(C)c3)C[C@H]3CC[C@@H]4N3C(=O)OC(C)(C)C)c2=O)c(F)c1. The summed E-state index contributed by atoms with van der Waals surface area (Å²) in [7, 11) is -3.16. The Balaban J connectivity index is 1.54. The van der Waals surface area contributed by atoms with Gasteiger partial charge in [0.15, 0.2) is 0 Å². The van der Waals surface area contributed by atoms with E-state index in [1.54, 1.807) is 42.5 Å². The zero-order valence-electron chi connectivity index (χ0n) is 26.1. The van der Waals surface area contributed by atoms with Crippen LogP contribution in [0.25, 0.3) is 17.2 Å². The molecule has 0 spiro atoms. The standard InChI is InChI=1S/C32H36F2N6O4S/c1-7-45(35,43)22-9-11-25(23(33)17-22)37-12-13-38(30(37)41)29-27-24(36-40(29)21-14-18(2)28(34)19(3)15-21)16-20-8-10-26(27)39(20)31(42)44-32(4,5)6/h9,11-15,17,20,26,35H,7-8,10,16H2,1-6H3/t20-,26+,45?/m1/s1. The third-order valence-electron chi connectivity index (χ3n) is 8.48. The summed E-state index contributed by atoms with van der Waals surface area (Å²) in [5.74, 6) is -0.734. The van der Waals surface area contributed by atoms with Crippen molar-refractivity contribution >= 4 is 15.8 Å². The van der Waals surface area contributed by atoms with Crippen molar-refractivity contribution < 1.29 is 22.5 Å². The van der Waals surface area contributed by atoms with Crippen LogP contribution in [0.4, 0.5) is 13.6 Å². The van der Waals surface area contributed by atoms with Gasteiger partial charge in [-0.3, -0.25) is 14.0 Å². The van der Waals surface area contributed by atoms with Crippen LogP contribution < -0.4 is 5.69 Å². The Bertz CT molecular complexity index is 2000. The van der Waals surface area contributed by atoms with Gasteiger partial charge in [-0.1, -0.05) is 6.92 Å². The fourth-order valence-corrected chi connectivity index (χ4v) is 7.29. The normalized spacial score (nSPS) is 19.0. The van der Waals surface area contributed by atoms with Crippen LogP contribution in [0.2, 0.25) is 0 Å². The highest BCUT2D eigenvalue weighted by molar-refractivity contribution is 7.92. The summed E-state index contributed by atoms with van der Waals surface area (Å²) in [5.41, 5.74) is 1.38. The fraction of sp³-hybridized carbons (Fsp3) is 0.406. The van der Waals surface area contributed by atoms with Crippen molar-refractivity contribution in [3.8, 4) is 17.2 Å². The minimum absolute atomic E-state index is 0.0296. The van der Waals surface area contributed by atoms with E-state index in [9.17, 15) is 18.2 Å². The number of fused-ring (bicyclic) bond motifs is 4. The fourth-order valence-electron chi connectivity index (χ4n) is 6.37. The number of nitrogens with one attached hydrogen (secondary N) is 1. The highest BCUT2D eigenvalue weighted by atomic mass is 32.2. The van der Waals surface area contributed by atoms with Gasteiger partial charge in [-0.25, -0.2) is 32.0 Å². The summed E-state index contributed by atoms with van der Waals surface area (Å²) in [4.78, 5) is 29.3. The number of carbonyl (C=O) groups excluding carboxylic acids is 1. The second-order valence-electron chi connectivity index (χ2n) is 12.7. The summed E-state index contributed by atoms with van der Waals surface area (Å²) in [6, 6.07) is 6.52. The van der Waals surface area contributed by atoms with Gasteiger partial charge >= 0.3 is 11.8 Å². The zero-order chi connectivity index (χ0) is 32.6. The highest BCUT2D eigenvalue weighted by Crippen LogP contribution is 2.47. The van der Waals surface area contributed by atoms with Crippen LogP contribution in [-0.2, 0) is 20.9 Å². The number of aromatic nitrogens is 4. The molecule has 1 fully saturated rings. The smallest absolute Gasteiger partial charge is 0.411 e. The minimum atomic E-state index is -3.16. The van der Waals surface area contributed by atoms with Crippen LogP contribution >= 0.6 is 0 Å². The van der Waals surface area contributed by atoms with Gasteiger partial charge in [0.1, 0.15) is 23.1 Å². The molecule has 2 aliphatic rings. The second-order valence-corrected chi connectivity index (χ2v) is 15.1. The van der Waals surface area contributed by atoms with E-state index in [1.807, 2.05) is 20.8 Å². The Morgan fingerprint density at radius 2 is 1.76 bits per heavy atom. The molecule has 10 nitrogen and oxygen atoms in total. The van der Waals surface area contributed by atoms with Gasteiger partial charge in [0.2, 0.25) is 0 Å². The number of hydrogen-bond donors (Lipinski definition) is 1. The summed E-state index contributed by atoms with van der Waals surface area (Å²) in [6.07, 6.45) is 4.29. The molecule has 2 aromatic carbocycles. The number of rotatable bonds is 5. The van der Waals surface area contributed by atoms with E-state index >= 15 is 4.39 Å². The van der Waals surface area contributed by atoms with E-state index in [2.05, 4.69) is 0 Å². The second kappa shape index (κ2) is 10.7. The molecular weight excluding hydrogens is 602 g/mol. The lowest BCUT2D eigenvalue weighted by Gasteiger charge is -2.35. The zero-order valence-corrected chi connectivity index (χ0v) is 26.9. The third kappa shape index (κ3) is 5.16. The molecule has 0 aliphatic carbocycles. The number of aryl methyl sites for hydroxylation is 2. The molecule has 0 saturated carbocycles. The van der Waals surface area contributed by atoms with Gasteiger partial charge in [-0.05, 0) is 88.9 Å². The van der Waals surface area contributed by atoms with Gasteiger partial charge < -0.3 is 4.74 Å². The summed E-state index contributed by atoms with van der Waals surface area (Å²) in [6.45, 7) is 10.3. The first-order valence-electron chi connectivity index (χ1n) is 14.9. The van der Waals surface area contributed by atoms with Crippen molar-refractivity contribution in [1.82, 2.24) is 23.8 Å². The summed E-state index contributed by atoms with van der Waals surface area (Å²) >= 11 is 0. The van der Waals surface area contributed by atoms with Crippen LogP contribution in [0.1, 0.15) is 69.0 Å². The van der Waals surface area contributed by atoms with E-state index < -0.39 is 39.0 Å². The van der Waals surface area contributed by atoms with Crippen LogP contribution in [0.15, 0.2) is 52.4 Å². The van der Waals surface area contributed by atoms with Crippen LogP contribution in [0, 0.1) is 30.3 Å². The van der Waals surface area contributed by atoms with E-state index in [4.69, 9.17) is 14.6 Å². The number of imidazole rings is 1. The first-order chi connectivity index (χ1) is 21.1. The van der Waals surface area contributed by atoms with Crippen LogP contribution in [0.5, 0.6) is 0 Å². The number of carbonyl (C=O) groups is 1. The molecule has 1 saturated heterocycles. The molecule has 45 heavy (non-hydrogen) atoms. The van der Waals surface area contributed by atoms with Crippen LogP contribution in [0.3, 0.4) is 0 Å². The highest BCUT2D eigenvalue weighted by Gasteiger charge is 2.48. The van der Waals surface area contributed by atoms with Crippen molar-refractivity contribution in [2.45, 2.75) is 83.4 Å². The molecule has 4 heterocycles. The van der Waals surface area contributed by atoms with E-state index in [0.29, 0.717) is 41.0 Å². The minimum Gasteiger partial charge on any atom is -0.444 e. The molecular formula is C32H36F2N6O4S. The van der Waals surface area contributed by atoms with Crippen molar-refractivity contribution in [2.24, 2.45) is 0 Å². The van der Waals surface area contributed by atoms with Gasteiger partial charge in [0, 0.05) is 36.2 Å². The predicted molar refractivity (Wildman–Crippen MR) is 165 cm³/mol. The Morgan fingerprint density at radius 3 is 2.38 bits per heavy atom. The molecule has 1 unspecified atom stereocenters. The molecule has 238 valence electrons. The Labute approximate surface area is 260 Å². The lowest BCUT2D eigenvalue weighted by atomic mass is 9.99. The average molecular weight is 639 g/mol. The molecule has 0 radical (unpaired) electrons. The Morgan fingerprint density at radius 1 is 1.09 bits per heavy atom. The lowest BCUT2D eigenvalue weighted by Crippen LogP contribution is -2.44. The first kappa shape index (κ1) is 30.8. The maximum Gasteiger partial charge on any atom is 0.411 e. The van der Waals surface area contributed by atoms with Gasteiger partial charge in [0.05, 0.1) is 37.7 Å². The molecule has 13 heteroatoms. The van der Waals surface area contributed by atoms with E-state index in [0.717, 1.165) is 22.7 Å². The summed E-state index contributed by atoms with van der Waals surface area (Å²) < 4.78 is 60.5. The Kier molecular flexibility index (Phi) is 7.30. The van der Waals surface area contributed by atoms with Crippen molar-refractivity contribution in [1.29, 1.82) is 4.78 Å². The number of ether oxygens (including phenoxy) is 1. The quantitative estimate of drug-likeness (QED) is 0.282. The third-order valence-corrected chi connectivity index (χ3v) is 10.3.